The van der Waals surface area contributed by atoms with Crippen LogP contribution in [0.2, 0.25) is 0 Å². The molecule has 0 unspecified atom stereocenters. The zero-order valence-corrected chi connectivity index (χ0v) is 18.2. The maximum atomic E-state index is 11.7. The molecule has 8 heteroatoms. The Morgan fingerprint density at radius 1 is 0.536 bits per heavy atom. The normalized spacial score (nSPS) is 10.8. The number of hydrogen-bond acceptors (Lipinski definition) is 8. The summed E-state index contributed by atoms with van der Waals surface area (Å²) in [5.41, 5.74) is 0. The molecule has 0 atom stereocenters. The lowest BCUT2D eigenvalue weighted by Gasteiger charge is -1.93. The quantitative estimate of drug-likeness (QED) is 0.328. The van der Waals surface area contributed by atoms with Crippen molar-refractivity contribution in [3.8, 4) is 29.3 Å². The van der Waals surface area contributed by atoms with E-state index in [1.807, 2.05) is 12.1 Å². The fourth-order valence-corrected chi connectivity index (χ4v) is 6.70. The minimum atomic E-state index is -0.307. The van der Waals surface area contributed by atoms with Crippen LogP contribution in [0.15, 0.2) is 48.5 Å². The van der Waals surface area contributed by atoms with Crippen LogP contribution >= 0.6 is 45.3 Å². The predicted octanol–water partition coefficient (Wildman–Crippen LogP) is 6.51. The molecule has 0 radical (unpaired) electrons. The molecule has 0 aliphatic carbocycles. The molecule has 0 aliphatic rings. The number of carbonyl (C=O) groups is 2. The standard InChI is InChI=1S/C20H14O4S4/c1-23-19(21)17-9-7-15(27-17)13-5-3-11(25-13)12-4-6-14(26-12)16-8-10-18(28-16)20(22)24-2/h3-10H,1-2H3. The van der Waals surface area contributed by atoms with E-state index in [-0.39, 0.29) is 11.9 Å². The molecule has 28 heavy (non-hydrogen) atoms. The van der Waals surface area contributed by atoms with Gasteiger partial charge in [-0.25, -0.2) is 9.59 Å². The first-order valence-electron chi connectivity index (χ1n) is 8.16. The highest BCUT2D eigenvalue weighted by Gasteiger charge is 2.15. The average molecular weight is 447 g/mol. The van der Waals surface area contributed by atoms with E-state index in [4.69, 9.17) is 9.47 Å². The largest absolute Gasteiger partial charge is 0.465 e. The van der Waals surface area contributed by atoms with Crippen LogP contribution in [0.1, 0.15) is 19.3 Å². The fourth-order valence-electron chi connectivity index (χ4n) is 2.57. The van der Waals surface area contributed by atoms with E-state index >= 15 is 0 Å². The third kappa shape index (κ3) is 3.68. The molecule has 0 spiro atoms. The summed E-state index contributed by atoms with van der Waals surface area (Å²) < 4.78 is 9.55. The predicted molar refractivity (Wildman–Crippen MR) is 117 cm³/mol. The van der Waals surface area contributed by atoms with Crippen molar-refractivity contribution in [2.24, 2.45) is 0 Å². The summed E-state index contributed by atoms with van der Waals surface area (Å²) in [6.07, 6.45) is 0. The van der Waals surface area contributed by atoms with E-state index in [2.05, 4.69) is 24.3 Å². The summed E-state index contributed by atoms with van der Waals surface area (Å²) in [4.78, 5) is 31.2. The molecule has 0 fully saturated rings. The molecule has 0 saturated carbocycles. The monoisotopic (exact) mass is 446 g/mol. The topological polar surface area (TPSA) is 52.6 Å². The van der Waals surface area contributed by atoms with Crippen molar-refractivity contribution in [1.82, 2.24) is 0 Å². The molecule has 0 aliphatic heterocycles. The van der Waals surface area contributed by atoms with Crippen LogP contribution in [-0.4, -0.2) is 26.2 Å². The number of ether oxygens (including phenoxy) is 2. The third-order valence-electron chi connectivity index (χ3n) is 3.93. The minimum absolute atomic E-state index is 0.307. The van der Waals surface area contributed by atoms with Crippen LogP contribution < -0.4 is 0 Å². The number of carbonyl (C=O) groups excluding carboxylic acids is 2. The van der Waals surface area contributed by atoms with Gasteiger partial charge in [-0.1, -0.05) is 0 Å². The summed E-state index contributed by atoms with van der Waals surface area (Å²) in [5.74, 6) is -0.614. The van der Waals surface area contributed by atoms with Gasteiger partial charge in [0.1, 0.15) is 9.75 Å². The van der Waals surface area contributed by atoms with Gasteiger partial charge in [-0.15, -0.1) is 45.3 Å². The number of thiophene rings is 4. The second-order valence-electron chi connectivity index (χ2n) is 5.64. The summed E-state index contributed by atoms with van der Waals surface area (Å²) >= 11 is 6.25. The molecule has 4 nitrogen and oxygen atoms in total. The maximum absolute atomic E-state index is 11.7. The summed E-state index contributed by atoms with van der Waals surface area (Å²) in [7, 11) is 2.78. The van der Waals surface area contributed by atoms with Crippen LogP contribution in [0.5, 0.6) is 0 Å². The Bertz CT molecular complexity index is 1050. The number of hydrogen-bond donors (Lipinski definition) is 0. The lowest BCUT2D eigenvalue weighted by Crippen LogP contribution is -1.96. The Labute approximate surface area is 177 Å². The zero-order valence-electron chi connectivity index (χ0n) is 14.9. The molecule has 0 bridgehead atoms. The van der Waals surface area contributed by atoms with Crippen LogP contribution in [-0.2, 0) is 9.47 Å². The molecule has 0 saturated heterocycles. The van der Waals surface area contributed by atoms with E-state index in [0.29, 0.717) is 9.75 Å². The van der Waals surface area contributed by atoms with Crippen LogP contribution in [0, 0.1) is 0 Å². The van der Waals surface area contributed by atoms with E-state index in [9.17, 15) is 9.59 Å². The van der Waals surface area contributed by atoms with Crippen molar-refractivity contribution < 1.29 is 19.1 Å². The molecule has 0 N–H and O–H groups in total. The van der Waals surface area contributed by atoms with E-state index in [0.717, 1.165) is 19.5 Å². The number of methoxy groups -OCH3 is 2. The van der Waals surface area contributed by atoms with Gasteiger partial charge in [0.2, 0.25) is 0 Å². The van der Waals surface area contributed by atoms with Gasteiger partial charge in [0, 0.05) is 29.3 Å². The summed E-state index contributed by atoms with van der Waals surface area (Å²) in [6.45, 7) is 0. The van der Waals surface area contributed by atoms with E-state index in [1.54, 1.807) is 34.8 Å². The second kappa shape index (κ2) is 8.00. The van der Waals surface area contributed by atoms with Gasteiger partial charge in [0.05, 0.1) is 14.2 Å². The SMILES string of the molecule is COC(=O)c1ccc(-c2ccc(-c3ccc(-c4ccc(C(=O)OC)s4)s3)s2)s1. The molecule has 4 aromatic heterocycles. The number of esters is 2. The summed E-state index contributed by atoms with van der Waals surface area (Å²) in [6, 6.07) is 15.8. The number of rotatable bonds is 5. The molecule has 4 aromatic rings. The third-order valence-corrected chi connectivity index (χ3v) is 8.81. The van der Waals surface area contributed by atoms with Gasteiger partial charge in [0.15, 0.2) is 0 Å². The lowest BCUT2D eigenvalue weighted by molar-refractivity contribution is 0.0597. The highest BCUT2D eigenvalue weighted by molar-refractivity contribution is 7.28. The second-order valence-corrected chi connectivity index (χ2v) is 9.97. The van der Waals surface area contributed by atoms with Crippen molar-refractivity contribution in [3.05, 3.63) is 58.3 Å². The van der Waals surface area contributed by atoms with Crippen molar-refractivity contribution in [2.75, 3.05) is 14.2 Å². The molecule has 0 aromatic carbocycles. The van der Waals surface area contributed by atoms with Gasteiger partial charge in [0.25, 0.3) is 0 Å². The first kappa shape index (κ1) is 19.1. The first-order chi connectivity index (χ1) is 13.6. The Morgan fingerprint density at radius 2 is 0.821 bits per heavy atom. The van der Waals surface area contributed by atoms with E-state index < -0.39 is 0 Å². The molecule has 4 rings (SSSR count). The van der Waals surface area contributed by atoms with Gasteiger partial charge in [-0.05, 0) is 48.5 Å². The van der Waals surface area contributed by atoms with Crippen LogP contribution in [0.4, 0.5) is 0 Å². The molecule has 4 heterocycles. The van der Waals surface area contributed by atoms with Crippen LogP contribution in [0.25, 0.3) is 29.3 Å². The van der Waals surface area contributed by atoms with Crippen molar-refractivity contribution >= 4 is 57.3 Å². The molecule has 142 valence electrons. The Balaban J connectivity index is 1.56. The van der Waals surface area contributed by atoms with Gasteiger partial charge >= 0.3 is 11.9 Å². The van der Waals surface area contributed by atoms with Crippen LogP contribution in [0.3, 0.4) is 0 Å². The van der Waals surface area contributed by atoms with Crippen molar-refractivity contribution in [2.45, 2.75) is 0 Å². The molecule has 0 amide bonds. The Morgan fingerprint density at radius 3 is 1.14 bits per heavy atom. The van der Waals surface area contributed by atoms with Gasteiger partial charge in [-0.2, -0.15) is 0 Å². The van der Waals surface area contributed by atoms with Crippen molar-refractivity contribution in [3.63, 3.8) is 0 Å². The fraction of sp³-hybridized carbons (Fsp3) is 0.100. The lowest BCUT2D eigenvalue weighted by atomic mass is 10.3. The Kier molecular flexibility index (Phi) is 5.45. The highest BCUT2D eigenvalue weighted by Crippen LogP contribution is 2.43. The van der Waals surface area contributed by atoms with Crippen molar-refractivity contribution in [1.29, 1.82) is 0 Å². The van der Waals surface area contributed by atoms with Gasteiger partial charge in [-0.3, -0.25) is 0 Å². The minimum Gasteiger partial charge on any atom is -0.465 e. The average Bonchev–Trinajstić information content (AvgIpc) is 3.49. The smallest absolute Gasteiger partial charge is 0.348 e. The molecular weight excluding hydrogens is 432 g/mol. The van der Waals surface area contributed by atoms with E-state index in [1.165, 1.54) is 46.6 Å². The first-order valence-corrected chi connectivity index (χ1v) is 11.4. The molecular formula is C20H14O4S4. The Hall–Kier alpha value is -2.26. The summed E-state index contributed by atoms with van der Waals surface area (Å²) in [5, 5.41) is 0. The van der Waals surface area contributed by atoms with Gasteiger partial charge < -0.3 is 9.47 Å². The zero-order chi connectivity index (χ0) is 19.7. The maximum Gasteiger partial charge on any atom is 0.348 e. The highest BCUT2D eigenvalue weighted by atomic mass is 32.1.